The Bertz CT molecular complexity index is 307. The molecule has 0 aliphatic carbocycles. The van der Waals surface area contributed by atoms with Crippen LogP contribution in [0.25, 0.3) is 0 Å². The molecular weight excluding hydrogens is 128 g/mol. The molecule has 0 aliphatic rings. The summed E-state index contributed by atoms with van der Waals surface area (Å²) in [7, 11) is -2.47. The van der Waals surface area contributed by atoms with Crippen molar-refractivity contribution in [3.05, 3.63) is 29.8 Å². The number of carbonyl (C=O) groups is 1. The first-order valence-electron chi connectivity index (χ1n) is 4.25. The molecule has 0 atom stereocenters. The minimum Gasteiger partial charge on any atom is -0.497 e. The highest BCUT2D eigenvalue weighted by atomic mass is 16.5. The Morgan fingerprint density at radius 1 is 1.70 bits per heavy atom. The minimum absolute atomic E-state index is 0.171. The summed E-state index contributed by atoms with van der Waals surface area (Å²) in [4.78, 5) is 10.3. The molecule has 0 saturated heterocycles. The van der Waals surface area contributed by atoms with Crippen LogP contribution in [0.4, 0.5) is 0 Å². The number of benzene rings is 1. The van der Waals surface area contributed by atoms with Gasteiger partial charge in [0.05, 0.1) is 11.2 Å². The van der Waals surface area contributed by atoms with E-state index in [-0.39, 0.29) is 5.75 Å². The maximum absolute atomic E-state index is 10.3. The Morgan fingerprint density at radius 2 is 2.60 bits per heavy atom. The number of ether oxygens (including phenoxy) is 1. The van der Waals surface area contributed by atoms with Gasteiger partial charge in [0.1, 0.15) is 12.0 Å². The van der Waals surface area contributed by atoms with Crippen LogP contribution in [-0.4, -0.2) is 13.3 Å². The van der Waals surface area contributed by atoms with Crippen LogP contribution in [0.3, 0.4) is 0 Å². The first-order chi connectivity index (χ1) is 6.01. The lowest BCUT2D eigenvalue weighted by atomic mass is 10.2. The predicted molar refractivity (Wildman–Crippen MR) is 38.4 cm³/mol. The van der Waals surface area contributed by atoms with E-state index in [1.165, 1.54) is 12.1 Å². The zero-order valence-electron chi connectivity index (χ0n) is 8.20. The van der Waals surface area contributed by atoms with Crippen LogP contribution < -0.4 is 4.74 Å². The summed E-state index contributed by atoms with van der Waals surface area (Å²) in [6.07, 6.45) is 0.631. The summed E-state index contributed by atoms with van der Waals surface area (Å²) in [5.74, 6) is 0.171. The van der Waals surface area contributed by atoms with Gasteiger partial charge in [-0.2, -0.15) is 0 Å². The standard InChI is InChI=1S/C8H8O2/c1-10-8-4-2-3-7(5-8)6-9/h2-6H,1H3/i1D3. The molecule has 0 aliphatic heterocycles. The quantitative estimate of drug-likeness (QED) is 0.580. The van der Waals surface area contributed by atoms with Crippen LogP contribution in [0.15, 0.2) is 24.3 Å². The summed E-state index contributed by atoms with van der Waals surface area (Å²) in [5, 5.41) is 0. The molecule has 0 fully saturated rings. The van der Waals surface area contributed by atoms with Gasteiger partial charge in [-0.05, 0) is 12.1 Å². The number of methoxy groups -OCH3 is 1. The monoisotopic (exact) mass is 139 g/mol. The second-order valence-corrected chi connectivity index (χ2v) is 1.79. The number of rotatable bonds is 2. The second-order valence-electron chi connectivity index (χ2n) is 1.79. The molecule has 1 aromatic carbocycles. The predicted octanol–water partition coefficient (Wildman–Crippen LogP) is 1.51. The van der Waals surface area contributed by atoms with Gasteiger partial charge in [0.2, 0.25) is 0 Å². The van der Waals surface area contributed by atoms with E-state index in [0.717, 1.165) is 0 Å². The Labute approximate surface area is 63.7 Å². The summed E-state index contributed by atoms with van der Waals surface area (Å²) in [6.45, 7) is 0. The highest BCUT2D eigenvalue weighted by Gasteiger charge is 1.90. The molecule has 0 bridgehead atoms. The molecule has 2 nitrogen and oxygen atoms in total. The van der Waals surface area contributed by atoms with Crippen molar-refractivity contribution in [1.29, 1.82) is 0 Å². The molecule has 2 heteroatoms. The van der Waals surface area contributed by atoms with E-state index < -0.39 is 7.04 Å². The molecule has 1 aromatic rings. The van der Waals surface area contributed by atoms with E-state index in [1.54, 1.807) is 12.1 Å². The number of hydrogen-bond donors (Lipinski definition) is 0. The zero-order valence-corrected chi connectivity index (χ0v) is 5.20. The molecule has 0 heterocycles. The zero-order chi connectivity index (χ0) is 9.90. The largest absolute Gasteiger partial charge is 0.497 e. The molecule has 52 valence electrons. The van der Waals surface area contributed by atoms with Crippen molar-refractivity contribution in [3.8, 4) is 5.75 Å². The third kappa shape index (κ3) is 1.35. The van der Waals surface area contributed by atoms with Crippen LogP contribution >= 0.6 is 0 Å². The lowest BCUT2D eigenvalue weighted by molar-refractivity contribution is 0.112. The van der Waals surface area contributed by atoms with Crippen molar-refractivity contribution >= 4 is 6.29 Å². The average molecular weight is 139 g/mol. The van der Waals surface area contributed by atoms with Gasteiger partial charge >= 0.3 is 0 Å². The topological polar surface area (TPSA) is 26.3 Å². The number of hydrogen-bond acceptors (Lipinski definition) is 2. The van der Waals surface area contributed by atoms with Crippen molar-refractivity contribution in [2.24, 2.45) is 0 Å². The summed E-state index contributed by atoms with van der Waals surface area (Å²) in [5.41, 5.74) is 0.391. The molecular formula is C8H8O2. The Morgan fingerprint density at radius 3 is 3.30 bits per heavy atom. The maximum Gasteiger partial charge on any atom is 0.150 e. The van der Waals surface area contributed by atoms with Gasteiger partial charge in [-0.3, -0.25) is 4.79 Å². The van der Waals surface area contributed by atoms with Crippen molar-refractivity contribution in [1.82, 2.24) is 0 Å². The highest BCUT2D eigenvalue weighted by molar-refractivity contribution is 5.75. The van der Waals surface area contributed by atoms with Crippen LogP contribution in [0.2, 0.25) is 0 Å². The van der Waals surface area contributed by atoms with Gasteiger partial charge < -0.3 is 4.74 Å². The van der Waals surface area contributed by atoms with Gasteiger partial charge in [0.25, 0.3) is 0 Å². The third-order valence-corrected chi connectivity index (χ3v) is 1.11. The molecule has 0 unspecified atom stereocenters. The molecule has 0 spiro atoms. The van der Waals surface area contributed by atoms with Gasteiger partial charge in [0.15, 0.2) is 0 Å². The van der Waals surface area contributed by atoms with E-state index >= 15 is 0 Å². The molecule has 0 N–H and O–H groups in total. The molecule has 0 aromatic heterocycles. The van der Waals surface area contributed by atoms with E-state index in [1.807, 2.05) is 0 Å². The molecule has 1 rings (SSSR count). The summed E-state index contributed by atoms with van der Waals surface area (Å²) >= 11 is 0. The van der Waals surface area contributed by atoms with Gasteiger partial charge in [-0.25, -0.2) is 0 Å². The van der Waals surface area contributed by atoms with Crippen molar-refractivity contribution in [2.75, 3.05) is 7.04 Å². The third-order valence-electron chi connectivity index (χ3n) is 1.11. The lowest BCUT2D eigenvalue weighted by Gasteiger charge is -1.97. The molecule has 0 saturated carbocycles. The van der Waals surface area contributed by atoms with Crippen molar-refractivity contribution < 1.29 is 13.6 Å². The Kier molecular flexibility index (Phi) is 1.13. The SMILES string of the molecule is [2H]C([2H])([2H])Oc1cccc(C=O)c1. The number of aldehydes is 1. The molecule has 0 radical (unpaired) electrons. The van der Waals surface area contributed by atoms with Crippen LogP contribution in [0, 0.1) is 0 Å². The normalized spacial score (nSPS) is 14.6. The van der Waals surface area contributed by atoms with Crippen molar-refractivity contribution in [2.45, 2.75) is 0 Å². The van der Waals surface area contributed by atoms with E-state index in [0.29, 0.717) is 11.8 Å². The fourth-order valence-electron chi connectivity index (χ4n) is 0.651. The van der Waals surface area contributed by atoms with Crippen LogP contribution in [-0.2, 0) is 0 Å². The summed E-state index contributed by atoms with van der Waals surface area (Å²) < 4.78 is 25.0. The van der Waals surface area contributed by atoms with E-state index in [9.17, 15) is 4.79 Å². The van der Waals surface area contributed by atoms with E-state index in [2.05, 4.69) is 4.74 Å². The van der Waals surface area contributed by atoms with Crippen molar-refractivity contribution in [3.63, 3.8) is 0 Å². The van der Waals surface area contributed by atoms with Gasteiger partial charge in [0, 0.05) is 5.56 Å². The Balaban J connectivity index is 2.84. The lowest BCUT2D eigenvalue weighted by Crippen LogP contribution is -1.84. The maximum atomic E-state index is 10.3. The first-order valence-corrected chi connectivity index (χ1v) is 2.75. The van der Waals surface area contributed by atoms with Gasteiger partial charge in [-0.15, -0.1) is 0 Å². The molecule has 10 heavy (non-hydrogen) atoms. The summed E-state index contributed by atoms with van der Waals surface area (Å²) in [6, 6.07) is 5.99. The highest BCUT2D eigenvalue weighted by Crippen LogP contribution is 2.10. The fraction of sp³-hybridized carbons (Fsp3) is 0.125. The smallest absolute Gasteiger partial charge is 0.150 e. The number of carbonyl (C=O) groups excluding carboxylic acids is 1. The average Bonchev–Trinajstić information content (AvgIpc) is 2.01. The molecule has 0 amide bonds. The van der Waals surface area contributed by atoms with Crippen LogP contribution in [0.1, 0.15) is 14.5 Å². The fourth-order valence-corrected chi connectivity index (χ4v) is 0.651. The van der Waals surface area contributed by atoms with Crippen LogP contribution in [0.5, 0.6) is 5.75 Å². The van der Waals surface area contributed by atoms with E-state index in [4.69, 9.17) is 4.11 Å². The first kappa shape index (κ1) is 3.76. The Hall–Kier alpha value is -1.31. The minimum atomic E-state index is -2.47. The second kappa shape index (κ2) is 3.01. The van der Waals surface area contributed by atoms with Gasteiger partial charge in [-0.1, -0.05) is 12.1 Å².